The topological polar surface area (TPSA) is 3.24 Å². The summed E-state index contributed by atoms with van der Waals surface area (Å²) in [6.07, 6.45) is 0. The van der Waals surface area contributed by atoms with Crippen molar-refractivity contribution in [3.63, 3.8) is 0 Å². The van der Waals surface area contributed by atoms with Gasteiger partial charge in [-0.15, -0.1) is 0 Å². The highest BCUT2D eigenvalue weighted by molar-refractivity contribution is 6.14. The quantitative estimate of drug-likeness (QED) is 0.141. The molecule has 0 heterocycles. The number of nitrogens with zero attached hydrogens (tertiary/aromatic N) is 1. The molecule has 0 saturated carbocycles. The third-order valence-electron chi connectivity index (χ3n) is 11.1. The lowest BCUT2D eigenvalue weighted by atomic mass is 9.91. The summed E-state index contributed by atoms with van der Waals surface area (Å²) < 4.78 is 0. The standard InChI is InChI=1S/C56H39N/c1-4-14-40(15-5-1)42-24-26-43(27-25-42)45-30-35-50(36-31-45)57(49-33-28-44(29-34-49)41-16-6-2-7-17-41)56-39-48(32-37-52(56)46-18-8-3-9-19-46)55-38-47-20-10-11-21-51(47)53-22-12-13-23-54(53)55/h1-39H. The zero-order chi connectivity index (χ0) is 38.0. The van der Waals surface area contributed by atoms with Crippen molar-refractivity contribution in [1.82, 2.24) is 0 Å². The van der Waals surface area contributed by atoms with Crippen LogP contribution in [0.2, 0.25) is 0 Å². The summed E-state index contributed by atoms with van der Waals surface area (Å²) in [5.41, 5.74) is 15.2. The van der Waals surface area contributed by atoms with E-state index in [-0.39, 0.29) is 0 Å². The molecule has 0 spiro atoms. The molecule has 0 N–H and O–H groups in total. The van der Waals surface area contributed by atoms with Crippen molar-refractivity contribution >= 4 is 38.6 Å². The Labute approximate surface area is 334 Å². The van der Waals surface area contributed by atoms with Gasteiger partial charge in [0.1, 0.15) is 0 Å². The van der Waals surface area contributed by atoms with Crippen LogP contribution < -0.4 is 4.90 Å². The van der Waals surface area contributed by atoms with E-state index in [2.05, 4.69) is 241 Å². The van der Waals surface area contributed by atoms with E-state index in [1.165, 1.54) is 71.6 Å². The fraction of sp³-hybridized carbons (Fsp3) is 0. The molecule has 0 unspecified atom stereocenters. The van der Waals surface area contributed by atoms with Crippen molar-refractivity contribution in [2.75, 3.05) is 4.90 Å². The molecule has 0 aliphatic rings. The summed E-state index contributed by atoms with van der Waals surface area (Å²) >= 11 is 0. The second kappa shape index (κ2) is 15.0. The molecule has 0 bridgehead atoms. The molecule has 10 aromatic carbocycles. The van der Waals surface area contributed by atoms with Gasteiger partial charge in [0, 0.05) is 16.9 Å². The van der Waals surface area contributed by atoms with E-state index in [1.807, 2.05) is 0 Å². The molecule has 0 aliphatic carbocycles. The van der Waals surface area contributed by atoms with Gasteiger partial charge in [0.05, 0.1) is 5.69 Å². The van der Waals surface area contributed by atoms with Crippen LogP contribution in [0.1, 0.15) is 0 Å². The summed E-state index contributed by atoms with van der Waals surface area (Å²) in [5, 5.41) is 5.02. The molecule has 1 nitrogen and oxygen atoms in total. The van der Waals surface area contributed by atoms with Crippen LogP contribution in [-0.4, -0.2) is 0 Å². The molecule has 0 aromatic heterocycles. The van der Waals surface area contributed by atoms with Gasteiger partial charge in [-0.25, -0.2) is 0 Å². The van der Waals surface area contributed by atoms with E-state index in [4.69, 9.17) is 0 Å². The Morgan fingerprint density at radius 3 is 1.14 bits per heavy atom. The van der Waals surface area contributed by atoms with Gasteiger partial charge in [-0.2, -0.15) is 0 Å². The summed E-state index contributed by atoms with van der Waals surface area (Å²) in [6.45, 7) is 0. The molecule has 57 heavy (non-hydrogen) atoms. The molecule has 0 aliphatic heterocycles. The van der Waals surface area contributed by atoms with Gasteiger partial charge in [0.25, 0.3) is 0 Å². The van der Waals surface area contributed by atoms with Crippen molar-refractivity contribution in [1.29, 1.82) is 0 Å². The minimum atomic E-state index is 1.09. The summed E-state index contributed by atoms with van der Waals surface area (Å²) in [4.78, 5) is 2.42. The van der Waals surface area contributed by atoms with Crippen molar-refractivity contribution in [3.8, 4) is 55.6 Å². The van der Waals surface area contributed by atoms with Gasteiger partial charge in [0.15, 0.2) is 0 Å². The van der Waals surface area contributed by atoms with E-state index in [0.717, 1.165) is 22.6 Å². The molecule has 10 rings (SSSR count). The fourth-order valence-electron chi connectivity index (χ4n) is 8.19. The SMILES string of the molecule is c1ccc(-c2ccc(-c3ccc(N(c4ccc(-c5ccccc5)cc4)c4cc(-c5cc6ccccc6c6ccccc56)ccc4-c4ccccc4)cc3)cc2)cc1. The summed E-state index contributed by atoms with van der Waals surface area (Å²) in [6, 6.07) is 85.7. The summed E-state index contributed by atoms with van der Waals surface area (Å²) in [7, 11) is 0. The number of fused-ring (bicyclic) bond motifs is 3. The van der Waals surface area contributed by atoms with Gasteiger partial charge in [-0.3, -0.25) is 0 Å². The average molecular weight is 726 g/mol. The smallest absolute Gasteiger partial charge is 0.0546 e. The normalized spacial score (nSPS) is 11.2. The first-order valence-electron chi connectivity index (χ1n) is 19.6. The average Bonchev–Trinajstić information content (AvgIpc) is 3.30. The van der Waals surface area contributed by atoms with Gasteiger partial charge < -0.3 is 4.90 Å². The first kappa shape index (κ1) is 34.0. The molecule has 0 atom stereocenters. The fourth-order valence-corrected chi connectivity index (χ4v) is 8.19. The van der Waals surface area contributed by atoms with Gasteiger partial charge in [0.2, 0.25) is 0 Å². The second-order valence-electron chi connectivity index (χ2n) is 14.5. The van der Waals surface area contributed by atoms with Crippen LogP contribution in [0.4, 0.5) is 17.1 Å². The molecule has 10 aromatic rings. The maximum atomic E-state index is 2.42. The maximum Gasteiger partial charge on any atom is 0.0546 e. The number of rotatable bonds is 8. The lowest BCUT2D eigenvalue weighted by Gasteiger charge is -2.29. The van der Waals surface area contributed by atoms with Crippen molar-refractivity contribution in [2.45, 2.75) is 0 Å². The Hall–Kier alpha value is -7.48. The molecule has 268 valence electrons. The Balaban J connectivity index is 1.14. The summed E-state index contributed by atoms with van der Waals surface area (Å²) in [5.74, 6) is 0. The van der Waals surface area contributed by atoms with E-state index in [0.29, 0.717) is 0 Å². The third kappa shape index (κ3) is 6.66. The van der Waals surface area contributed by atoms with Gasteiger partial charge in [-0.05, 0) is 108 Å². The minimum absolute atomic E-state index is 1.09. The number of hydrogen-bond donors (Lipinski definition) is 0. The van der Waals surface area contributed by atoms with Crippen LogP contribution in [0.5, 0.6) is 0 Å². The lowest BCUT2D eigenvalue weighted by Crippen LogP contribution is -2.11. The van der Waals surface area contributed by atoms with Crippen LogP contribution in [0.25, 0.3) is 77.2 Å². The molecule has 0 saturated heterocycles. The molecule has 0 radical (unpaired) electrons. The van der Waals surface area contributed by atoms with Crippen LogP contribution in [0, 0.1) is 0 Å². The molecule has 1 heteroatoms. The van der Waals surface area contributed by atoms with E-state index < -0.39 is 0 Å². The zero-order valence-electron chi connectivity index (χ0n) is 31.5. The van der Waals surface area contributed by atoms with Crippen molar-refractivity contribution in [3.05, 3.63) is 237 Å². The molecular weight excluding hydrogens is 687 g/mol. The Morgan fingerprint density at radius 1 is 0.228 bits per heavy atom. The maximum absolute atomic E-state index is 2.42. The van der Waals surface area contributed by atoms with E-state index in [1.54, 1.807) is 0 Å². The van der Waals surface area contributed by atoms with Crippen LogP contribution in [0.15, 0.2) is 237 Å². The highest BCUT2D eigenvalue weighted by Crippen LogP contribution is 2.45. The Bertz CT molecular complexity index is 2950. The molecular formula is C56H39N. The van der Waals surface area contributed by atoms with Gasteiger partial charge >= 0.3 is 0 Å². The monoisotopic (exact) mass is 725 g/mol. The van der Waals surface area contributed by atoms with Crippen LogP contribution >= 0.6 is 0 Å². The van der Waals surface area contributed by atoms with Crippen molar-refractivity contribution < 1.29 is 0 Å². The first-order chi connectivity index (χ1) is 28.3. The van der Waals surface area contributed by atoms with Crippen LogP contribution in [-0.2, 0) is 0 Å². The minimum Gasteiger partial charge on any atom is -0.310 e. The molecule has 0 amide bonds. The zero-order valence-corrected chi connectivity index (χ0v) is 31.5. The van der Waals surface area contributed by atoms with Crippen molar-refractivity contribution in [2.24, 2.45) is 0 Å². The first-order valence-corrected chi connectivity index (χ1v) is 19.6. The number of hydrogen-bond acceptors (Lipinski definition) is 1. The number of benzene rings is 10. The largest absolute Gasteiger partial charge is 0.310 e. The predicted molar refractivity (Wildman–Crippen MR) is 243 cm³/mol. The molecule has 0 fully saturated rings. The second-order valence-corrected chi connectivity index (χ2v) is 14.5. The Morgan fingerprint density at radius 2 is 0.614 bits per heavy atom. The number of anilines is 3. The highest BCUT2D eigenvalue weighted by atomic mass is 15.1. The third-order valence-corrected chi connectivity index (χ3v) is 11.1. The predicted octanol–water partition coefficient (Wildman–Crippen LogP) is 15.8. The van der Waals surface area contributed by atoms with Crippen LogP contribution in [0.3, 0.4) is 0 Å². The highest BCUT2D eigenvalue weighted by Gasteiger charge is 2.20. The lowest BCUT2D eigenvalue weighted by molar-refractivity contribution is 1.28. The van der Waals surface area contributed by atoms with E-state index >= 15 is 0 Å². The van der Waals surface area contributed by atoms with Gasteiger partial charge in [-0.1, -0.05) is 200 Å². The van der Waals surface area contributed by atoms with E-state index in [9.17, 15) is 0 Å². The Kier molecular flexibility index (Phi) is 8.95.